The number of methoxy groups -OCH3 is 2. The summed E-state index contributed by atoms with van der Waals surface area (Å²) in [6, 6.07) is 24.9. The number of aromatic nitrogens is 4. The van der Waals surface area contributed by atoms with Crippen molar-refractivity contribution in [3.8, 4) is 34.0 Å². The molecule has 2 heterocycles. The molecule has 0 aliphatic carbocycles. The summed E-state index contributed by atoms with van der Waals surface area (Å²) in [6.07, 6.45) is 0.583. The van der Waals surface area contributed by atoms with Crippen LogP contribution in [0.1, 0.15) is 19.0 Å². The first-order valence-electron chi connectivity index (χ1n) is 12.9. The second-order valence-corrected chi connectivity index (χ2v) is 10.3. The highest BCUT2D eigenvalue weighted by Gasteiger charge is 2.23. The average Bonchev–Trinajstić information content (AvgIpc) is 2.99. The Morgan fingerprint density at radius 1 is 0.850 bits per heavy atom. The molecule has 0 aliphatic heterocycles. The topological polar surface area (TPSA) is 99.1 Å². The van der Waals surface area contributed by atoms with E-state index in [0.717, 1.165) is 44.9 Å². The van der Waals surface area contributed by atoms with Crippen molar-refractivity contribution in [3.05, 3.63) is 84.6 Å². The first-order chi connectivity index (χ1) is 19.5. The zero-order valence-corrected chi connectivity index (χ0v) is 23.5. The first-order valence-corrected chi connectivity index (χ1v) is 13.7. The van der Waals surface area contributed by atoms with Gasteiger partial charge in [0.05, 0.1) is 30.7 Å². The highest BCUT2D eigenvalue weighted by atomic mass is 32.2. The van der Waals surface area contributed by atoms with E-state index in [2.05, 4.69) is 20.5 Å². The van der Waals surface area contributed by atoms with E-state index in [0.29, 0.717) is 23.0 Å². The van der Waals surface area contributed by atoms with E-state index in [9.17, 15) is 4.79 Å². The van der Waals surface area contributed by atoms with Crippen LogP contribution in [0.5, 0.6) is 11.5 Å². The quantitative estimate of drug-likeness (QED) is 0.205. The largest absolute Gasteiger partial charge is 0.497 e. The van der Waals surface area contributed by atoms with Crippen LogP contribution in [0.15, 0.2) is 84.0 Å². The summed E-state index contributed by atoms with van der Waals surface area (Å²) in [6.45, 7) is 3.88. The molecule has 0 radical (unpaired) electrons. The van der Waals surface area contributed by atoms with Gasteiger partial charge in [-0.25, -0.2) is 4.98 Å². The Kier molecular flexibility index (Phi) is 8.21. The maximum Gasteiger partial charge on any atom is 0.237 e. The van der Waals surface area contributed by atoms with Crippen LogP contribution in [0.2, 0.25) is 0 Å². The van der Waals surface area contributed by atoms with E-state index in [1.165, 1.54) is 11.8 Å². The Balaban J connectivity index is 1.46. The fourth-order valence-corrected chi connectivity index (χ4v) is 5.15. The number of amides is 1. The Morgan fingerprint density at radius 2 is 1.48 bits per heavy atom. The van der Waals surface area contributed by atoms with Crippen LogP contribution in [0.4, 0.5) is 5.69 Å². The number of rotatable bonds is 9. The van der Waals surface area contributed by atoms with Crippen molar-refractivity contribution in [2.75, 3.05) is 19.5 Å². The van der Waals surface area contributed by atoms with Crippen molar-refractivity contribution in [1.82, 2.24) is 20.2 Å². The van der Waals surface area contributed by atoms with Gasteiger partial charge in [-0.3, -0.25) is 9.78 Å². The summed E-state index contributed by atoms with van der Waals surface area (Å²) in [5.74, 6) is 1.36. The van der Waals surface area contributed by atoms with E-state index < -0.39 is 5.25 Å². The van der Waals surface area contributed by atoms with Crippen molar-refractivity contribution >= 4 is 34.3 Å². The number of ether oxygens (including phenoxy) is 2. The molecule has 1 unspecified atom stereocenters. The van der Waals surface area contributed by atoms with Gasteiger partial charge in [-0.15, -0.1) is 10.2 Å². The second kappa shape index (κ2) is 12.1. The maximum atomic E-state index is 13.4. The van der Waals surface area contributed by atoms with Gasteiger partial charge in [0.2, 0.25) is 11.1 Å². The molecule has 0 fully saturated rings. The third-order valence-electron chi connectivity index (χ3n) is 6.41. The van der Waals surface area contributed by atoms with Crippen LogP contribution >= 0.6 is 11.8 Å². The maximum absolute atomic E-state index is 13.4. The molecule has 1 atom stereocenters. The van der Waals surface area contributed by atoms with Gasteiger partial charge in [-0.05, 0) is 74.0 Å². The lowest BCUT2D eigenvalue weighted by molar-refractivity contribution is -0.115. The second-order valence-electron chi connectivity index (χ2n) is 9.08. The predicted octanol–water partition coefficient (Wildman–Crippen LogP) is 6.59. The van der Waals surface area contributed by atoms with Crippen LogP contribution in [0.25, 0.3) is 33.4 Å². The van der Waals surface area contributed by atoms with Gasteiger partial charge in [0.25, 0.3) is 0 Å². The Bertz CT molecular complexity index is 1640. The van der Waals surface area contributed by atoms with Gasteiger partial charge < -0.3 is 14.8 Å². The minimum absolute atomic E-state index is 0.128. The number of aryl methyl sites for hydroxylation is 1. The SMILES string of the molecule is CCC(Sc1nnc(-c2ccc(OC)cc2)c(-c2ccc(OC)cc2)n1)C(=O)Nc1cc(C)nc2ccccc12. The summed E-state index contributed by atoms with van der Waals surface area (Å²) in [7, 11) is 3.26. The lowest BCUT2D eigenvalue weighted by atomic mass is 10.0. The molecule has 0 spiro atoms. The van der Waals surface area contributed by atoms with E-state index in [-0.39, 0.29) is 5.91 Å². The first kappa shape index (κ1) is 27.1. The number of nitrogens with zero attached hydrogens (tertiary/aromatic N) is 4. The fourth-order valence-electron chi connectivity index (χ4n) is 4.33. The number of carbonyl (C=O) groups is 1. The predicted molar refractivity (Wildman–Crippen MR) is 159 cm³/mol. The van der Waals surface area contributed by atoms with Crippen molar-refractivity contribution in [1.29, 1.82) is 0 Å². The Hall–Kier alpha value is -4.50. The summed E-state index contributed by atoms with van der Waals surface area (Å²) < 4.78 is 10.6. The molecule has 0 bridgehead atoms. The molecule has 8 nitrogen and oxygen atoms in total. The number of hydrogen-bond acceptors (Lipinski definition) is 8. The monoisotopic (exact) mass is 551 g/mol. The third-order valence-corrected chi connectivity index (χ3v) is 7.62. The molecule has 1 N–H and O–H groups in total. The number of nitrogens with one attached hydrogen (secondary N) is 1. The van der Waals surface area contributed by atoms with Crippen LogP contribution in [-0.2, 0) is 4.79 Å². The fraction of sp³-hybridized carbons (Fsp3) is 0.194. The molecule has 2 aromatic heterocycles. The Labute approximate surface area is 237 Å². The zero-order valence-electron chi connectivity index (χ0n) is 22.7. The molecule has 3 aromatic carbocycles. The van der Waals surface area contributed by atoms with Gasteiger partial charge in [0, 0.05) is 22.2 Å². The molecule has 9 heteroatoms. The summed E-state index contributed by atoms with van der Waals surface area (Å²) in [5, 5.41) is 13.0. The van der Waals surface area contributed by atoms with Gasteiger partial charge in [0.1, 0.15) is 22.9 Å². The minimum Gasteiger partial charge on any atom is -0.497 e. The number of para-hydroxylation sites is 1. The van der Waals surface area contributed by atoms with E-state index in [4.69, 9.17) is 14.5 Å². The molecule has 1 amide bonds. The molecule has 0 saturated carbocycles. The van der Waals surface area contributed by atoms with Crippen molar-refractivity contribution in [3.63, 3.8) is 0 Å². The Morgan fingerprint density at radius 3 is 2.10 bits per heavy atom. The van der Waals surface area contributed by atoms with Crippen molar-refractivity contribution in [2.45, 2.75) is 30.7 Å². The normalized spacial score (nSPS) is 11.7. The van der Waals surface area contributed by atoms with Gasteiger partial charge in [0.15, 0.2) is 0 Å². The highest BCUT2D eigenvalue weighted by Crippen LogP contribution is 2.33. The zero-order chi connectivity index (χ0) is 28.1. The van der Waals surface area contributed by atoms with Crippen LogP contribution in [0, 0.1) is 6.92 Å². The number of hydrogen-bond donors (Lipinski definition) is 1. The van der Waals surface area contributed by atoms with Gasteiger partial charge in [-0.1, -0.05) is 36.9 Å². The molecule has 5 aromatic rings. The lowest BCUT2D eigenvalue weighted by Crippen LogP contribution is -2.25. The molecule has 5 rings (SSSR count). The van der Waals surface area contributed by atoms with E-state index in [1.807, 2.05) is 92.7 Å². The smallest absolute Gasteiger partial charge is 0.237 e. The van der Waals surface area contributed by atoms with E-state index >= 15 is 0 Å². The van der Waals surface area contributed by atoms with Crippen LogP contribution in [0.3, 0.4) is 0 Å². The number of thioether (sulfide) groups is 1. The van der Waals surface area contributed by atoms with Crippen molar-refractivity contribution in [2.24, 2.45) is 0 Å². The number of carbonyl (C=O) groups excluding carboxylic acids is 1. The molecule has 202 valence electrons. The van der Waals surface area contributed by atoms with Crippen LogP contribution in [-0.4, -0.2) is 45.5 Å². The summed E-state index contributed by atoms with van der Waals surface area (Å²) in [4.78, 5) is 22.9. The van der Waals surface area contributed by atoms with Gasteiger partial charge >= 0.3 is 0 Å². The molecule has 0 aliphatic rings. The third kappa shape index (κ3) is 5.89. The number of fused-ring (bicyclic) bond motifs is 1. The lowest BCUT2D eigenvalue weighted by Gasteiger charge is -2.16. The number of pyridine rings is 1. The van der Waals surface area contributed by atoms with Crippen molar-refractivity contribution < 1.29 is 14.3 Å². The molecule has 40 heavy (non-hydrogen) atoms. The minimum atomic E-state index is -0.426. The molecule has 0 saturated heterocycles. The average molecular weight is 552 g/mol. The summed E-state index contributed by atoms with van der Waals surface area (Å²) >= 11 is 1.30. The molecular weight excluding hydrogens is 522 g/mol. The van der Waals surface area contributed by atoms with Gasteiger partial charge in [-0.2, -0.15) is 0 Å². The van der Waals surface area contributed by atoms with E-state index in [1.54, 1.807) is 14.2 Å². The summed E-state index contributed by atoms with van der Waals surface area (Å²) in [5.41, 5.74) is 5.42. The number of benzene rings is 3. The number of anilines is 1. The highest BCUT2D eigenvalue weighted by molar-refractivity contribution is 8.00. The van der Waals surface area contributed by atoms with Crippen LogP contribution < -0.4 is 14.8 Å². The standard InChI is InChI=1S/C31H29N5O3S/c1-5-27(30(37)33-26-18-19(2)32-25-9-7-6-8-24(25)26)40-31-34-28(20-10-14-22(38-3)15-11-20)29(35-36-31)21-12-16-23(39-4)17-13-21/h6-18,27H,5H2,1-4H3,(H,32,33,37). The molecular formula is C31H29N5O3S.